The van der Waals surface area contributed by atoms with Gasteiger partial charge in [0.05, 0.1) is 21.3 Å². The van der Waals surface area contributed by atoms with Gasteiger partial charge in [0.2, 0.25) is 0 Å². The SMILES string of the molecule is c1ccc(-c2ccc(-n3c4cc5ccccc5cc4c4c(-c5ccc(-c6nc7ccc8sc9ccc(-c%10ccccc%10)cc9c8c7s6)cc5)cccc43)cc2)cc1. The van der Waals surface area contributed by atoms with E-state index in [-0.39, 0.29) is 0 Å². The van der Waals surface area contributed by atoms with Crippen molar-refractivity contribution in [3.05, 3.63) is 194 Å². The second-order valence-corrected chi connectivity index (χ2v) is 16.8. The molecule has 0 spiro atoms. The Morgan fingerprint density at radius 3 is 1.79 bits per heavy atom. The van der Waals surface area contributed by atoms with Gasteiger partial charge in [-0.1, -0.05) is 140 Å². The van der Waals surface area contributed by atoms with Crippen LogP contribution in [0, 0.1) is 0 Å². The first-order valence-corrected chi connectivity index (χ1v) is 20.9. The summed E-state index contributed by atoms with van der Waals surface area (Å²) < 4.78 is 6.30. The summed E-state index contributed by atoms with van der Waals surface area (Å²) in [6, 6.07) is 70.8. The van der Waals surface area contributed by atoms with Crippen LogP contribution in [0.4, 0.5) is 0 Å². The smallest absolute Gasteiger partial charge is 0.124 e. The first kappa shape index (κ1) is 32.4. The van der Waals surface area contributed by atoms with E-state index in [1.807, 2.05) is 11.3 Å². The van der Waals surface area contributed by atoms with Crippen molar-refractivity contribution in [1.82, 2.24) is 9.55 Å². The molecular formula is C53H32N2S2. The molecule has 0 fully saturated rings. The highest BCUT2D eigenvalue weighted by atomic mass is 32.1. The van der Waals surface area contributed by atoms with Crippen molar-refractivity contribution in [3.63, 3.8) is 0 Å². The number of thiophene rings is 1. The van der Waals surface area contributed by atoms with Gasteiger partial charge in [0.1, 0.15) is 5.01 Å². The molecule has 3 heterocycles. The molecule has 12 aromatic rings. The molecule has 9 aromatic carbocycles. The van der Waals surface area contributed by atoms with Crippen LogP contribution in [0.1, 0.15) is 0 Å². The zero-order valence-corrected chi connectivity index (χ0v) is 32.3. The third kappa shape index (κ3) is 5.26. The van der Waals surface area contributed by atoms with E-state index in [1.165, 1.54) is 90.8 Å². The summed E-state index contributed by atoms with van der Waals surface area (Å²) in [5, 5.41) is 8.66. The first-order chi connectivity index (χ1) is 28.2. The lowest BCUT2D eigenvalue weighted by molar-refractivity contribution is 1.18. The molecule has 0 saturated heterocycles. The lowest BCUT2D eigenvalue weighted by Gasteiger charge is -2.10. The van der Waals surface area contributed by atoms with Gasteiger partial charge >= 0.3 is 0 Å². The zero-order chi connectivity index (χ0) is 37.5. The Bertz CT molecular complexity index is 3480. The molecule has 0 aliphatic rings. The lowest BCUT2D eigenvalue weighted by atomic mass is 9.97. The van der Waals surface area contributed by atoms with Crippen LogP contribution >= 0.6 is 22.7 Å². The standard InChI is InChI=1S/C53H32N2S2/c1-3-10-33(11-4-1)35-22-25-41(26-23-35)55-46-17-9-16-42(50(46)43-30-38-14-7-8-15-39(38)32-47(43)55)36-18-20-37(21-19-36)53-54-45-27-29-49-51(52(45)57-53)44-31-40(24-28-48(44)56-49)34-12-5-2-6-13-34/h1-32H. The number of hydrogen-bond donors (Lipinski definition) is 0. The van der Waals surface area contributed by atoms with Crippen LogP contribution in [0.3, 0.4) is 0 Å². The highest BCUT2D eigenvalue weighted by Gasteiger charge is 2.19. The maximum absolute atomic E-state index is 5.20. The molecule has 0 N–H and O–H groups in total. The van der Waals surface area contributed by atoms with Crippen molar-refractivity contribution < 1.29 is 0 Å². The summed E-state index contributed by atoms with van der Waals surface area (Å²) >= 11 is 3.66. The molecule has 3 aromatic heterocycles. The molecule has 0 unspecified atom stereocenters. The Balaban J connectivity index is 0.977. The average molecular weight is 761 g/mol. The fourth-order valence-electron chi connectivity index (χ4n) is 8.68. The Morgan fingerprint density at radius 1 is 0.386 bits per heavy atom. The predicted molar refractivity (Wildman–Crippen MR) is 246 cm³/mol. The fourth-order valence-corrected chi connectivity index (χ4v) is 11.0. The van der Waals surface area contributed by atoms with E-state index in [4.69, 9.17) is 4.98 Å². The molecule has 12 rings (SSSR count). The van der Waals surface area contributed by atoms with Gasteiger partial charge in [0.15, 0.2) is 0 Å². The third-order valence-corrected chi connectivity index (χ3v) is 13.7. The van der Waals surface area contributed by atoms with E-state index < -0.39 is 0 Å². The van der Waals surface area contributed by atoms with Gasteiger partial charge in [-0.05, 0) is 98.8 Å². The van der Waals surface area contributed by atoms with Crippen LogP contribution in [0.5, 0.6) is 0 Å². The van der Waals surface area contributed by atoms with Crippen LogP contribution in [0.2, 0.25) is 0 Å². The Kier molecular flexibility index (Phi) is 7.31. The average Bonchev–Trinajstić information content (AvgIpc) is 3.98. The third-order valence-electron chi connectivity index (χ3n) is 11.4. The van der Waals surface area contributed by atoms with Crippen molar-refractivity contribution in [2.24, 2.45) is 0 Å². The molecule has 0 amide bonds. The maximum Gasteiger partial charge on any atom is 0.124 e. The number of aromatic nitrogens is 2. The molecular weight excluding hydrogens is 729 g/mol. The summed E-state index contributed by atoms with van der Waals surface area (Å²) in [4.78, 5) is 5.20. The van der Waals surface area contributed by atoms with Gasteiger partial charge in [0.25, 0.3) is 0 Å². The Hall–Kier alpha value is -6.85. The van der Waals surface area contributed by atoms with Gasteiger partial charge < -0.3 is 4.57 Å². The summed E-state index contributed by atoms with van der Waals surface area (Å²) in [7, 11) is 0. The monoisotopic (exact) mass is 760 g/mol. The summed E-state index contributed by atoms with van der Waals surface area (Å²) in [5.74, 6) is 0. The van der Waals surface area contributed by atoms with Gasteiger partial charge in [-0.15, -0.1) is 22.7 Å². The number of benzene rings is 9. The molecule has 0 bridgehead atoms. The minimum absolute atomic E-state index is 1.04. The molecule has 4 heteroatoms. The second kappa shape index (κ2) is 12.9. The molecule has 0 atom stereocenters. The van der Waals surface area contributed by atoms with Crippen LogP contribution in [-0.4, -0.2) is 9.55 Å². The van der Waals surface area contributed by atoms with E-state index in [0.29, 0.717) is 0 Å². The summed E-state index contributed by atoms with van der Waals surface area (Å²) in [6.45, 7) is 0. The molecule has 0 aliphatic carbocycles. The minimum atomic E-state index is 1.04. The molecule has 0 saturated carbocycles. The summed E-state index contributed by atoms with van der Waals surface area (Å²) in [6.07, 6.45) is 0. The fraction of sp³-hybridized carbons (Fsp3) is 0. The number of rotatable bonds is 5. The van der Waals surface area contributed by atoms with Gasteiger partial charge in [-0.3, -0.25) is 0 Å². The number of thiazole rings is 1. The molecule has 57 heavy (non-hydrogen) atoms. The van der Waals surface area contributed by atoms with Crippen LogP contribution in [0.25, 0.3) is 113 Å². The van der Waals surface area contributed by atoms with E-state index in [9.17, 15) is 0 Å². The van der Waals surface area contributed by atoms with Crippen LogP contribution in [-0.2, 0) is 0 Å². The van der Waals surface area contributed by atoms with Crippen molar-refractivity contribution >= 4 is 85.6 Å². The summed E-state index contributed by atoms with van der Waals surface area (Å²) in [5.41, 5.74) is 13.1. The predicted octanol–water partition coefficient (Wildman–Crippen LogP) is 15.6. The van der Waals surface area contributed by atoms with Gasteiger partial charge in [0, 0.05) is 42.2 Å². The van der Waals surface area contributed by atoms with Crippen LogP contribution < -0.4 is 0 Å². The van der Waals surface area contributed by atoms with E-state index in [1.54, 1.807) is 11.3 Å². The second-order valence-electron chi connectivity index (χ2n) is 14.7. The Morgan fingerprint density at radius 2 is 1.02 bits per heavy atom. The highest BCUT2D eigenvalue weighted by Crippen LogP contribution is 2.45. The molecule has 0 radical (unpaired) electrons. The van der Waals surface area contributed by atoms with E-state index in [0.717, 1.165) is 21.8 Å². The number of fused-ring (bicyclic) bond motifs is 9. The normalized spacial score (nSPS) is 11.9. The molecule has 0 aliphatic heterocycles. The van der Waals surface area contributed by atoms with Crippen molar-refractivity contribution in [1.29, 1.82) is 0 Å². The first-order valence-electron chi connectivity index (χ1n) is 19.3. The quantitative estimate of drug-likeness (QED) is 0.171. The van der Waals surface area contributed by atoms with Crippen molar-refractivity contribution in [2.75, 3.05) is 0 Å². The molecule has 2 nitrogen and oxygen atoms in total. The largest absolute Gasteiger partial charge is 0.309 e. The van der Waals surface area contributed by atoms with Gasteiger partial charge in [-0.25, -0.2) is 4.98 Å². The number of hydrogen-bond acceptors (Lipinski definition) is 3. The topological polar surface area (TPSA) is 17.8 Å². The lowest BCUT2D eigenvalue weighted by Crippen LogP contribution is -1.94. The molecule has 266 valence electrons. The van der Waals surface area contributed by atoms with E-state index in [2.05, 4.69) is 199 Å². The highest BCUT2D eigenvalue weighted by molar-refractivity contribution is 7.28. The Labute approximate surface area is 337 Å². The van der Waals surface area contributed by atoms with Gasteiger partial charge in [-0.2, -0.15) is 0 Å². The zero-order valence-electron chi connectivity index (χ0n) is 30.7. The van der Waals surface area contributed by atoms with Crippen molar-refractivity contribution in [3.8, 4) is 49.6 Å². The minimum Gasteiger partial charge on any atom is -0.309 e. The maximum atomic E-state index is 5.20. The number of nitrogens with zero attached hydrogens (tertiary/aromatic N) is 2. The van der Waals surface area contributed by atoms with Crippen LogP contribution in [0.15, 0.2) is 194 Å². The van der Waals surface area contributed by atoms with Crippen molar-refractivity contribution in [2.45, 2.75) is 0 Å². The van der Waals surface area contributed by atoms with E-state index >= 15 is 0 Å².